The van der Waals surface area contributed by atoms with Gasteiger partial charge in [0.05, 0.1) is 23.2 Å². The maximum Gasteiger partial charge on any atom is 0.262 e. The fourth-order valence-corrected chi connectivity index (χ4v) is 5.42. The monoisotopic (exact) mass is 503 g/mol. The summed E-state index contributed by atoms with van der Waals surface area (Å²) in [6.45, 7) is 2.42. The van der Waals surface area contributed by atoms with Crippen LogP contribution in [0, 0.1) is 0 Å². The number of anilines is 1. The van der Waals surface area contributed by atoms with Gasteiger partial charge < -0.3 is 4.90 Å². The van der Waals surface area contributed by atoms with E-state index in [0.717, 1.165) is 24.3 Å². The number of hydrogen-bond donors (Lipinski definition) is 0. The number of carbonyl (C=O) groups excluding carboxylic acids is 1. The third kappa shape index (κ3) is 5.44. The summed E-state index contributed by atoms with van der Waals surface area (Å²) in [5.74, 6) is 0.146. The Morgan fingerprint density at radius 2 is 1.69 bits per heavy atom. The van der Waals surface area contributed by atoms with Gasteiger partial charge in [-0.3, -0.25) is 14.2 Å². The molecule has 1 saturated heterocycles. The number of aromatic nitrogens is 2. The SMILES string of the molecule is O=C(CSc1nc2ccc(N3CCCCC3)cc2c(=O)n1Cc1ccccc1)c1ccc(Cl)cc1. The first-order valence-electron chi connectivity index (χ1n) is 11.8. The van der Waals surface area contributed by atoms with Gasteiger partial charge in [0, 0.05) is 29.4 Å². The first kappa shape index (κ1) is 23.6. The summed E-state index contributed by atoms with van der Waals surface area (Å²) in [5, 5.41) is 1.74. The molecule has 1 aliphatic rings. The van der Waals surface area contributed by atoms with E-state index < -0.39 is 0 Å². The van der Waals surface area contributed by atoms with E-state index in [1.165, 1.54) is 31.0 Å². The zero-order valence-corrected chi connectivity index (χ0v) is 20.9. The van der Waals surface area contributed by atoms with E-state index >= 15 is 0 Å². The smallest absolute Gasteiger partial charge is 0.262 e. The Balaban J connectivity index is 1.50. The molecule has 0 spiro atoms. The number of thioether (sulfide) groups is 1. The summed E-state index contributed by atoms with van der Waals surface area (Å²) in [5.41, 5.74) is 3.24. The van der Waals surface area contributed by atoms with Crippen LogP contribution in [-0.2, 0) is 6.54 Å². The number of rotatable bonds is 7. The first-order chi connectivity index (χ1) is 17.1. The quantitative estimate of drug-likeness (QED) is 0.174. The van der Waals surface area contributed by atoms with Crippen LogP contribution in [0.15, 0.2) is 82.7 Å². The summed E-state index contributed by atoms with van der Waals surface area (Å²) < 4.78 is 1.69. The van der Waals surface area contributed by atoms with Crippen molar-refractivity contribution < 1.29 is 4.79 Å². The van der Waals surface area contributed by atoms with E-state index in [2.05, 4.69) is 11.0 Å². The Morgan fingerprint density at radius 1 is 0.943 bits per heavy atom. The van der Waals surface area contributed by atoms with Crippen molar-refractivity contribution in [2.24, 2.45) is 0 Å². The Bertz CT molecular complexity index is 1400. The van der Waals surface area contributed by atoms with Crippen LogP contribution in [0.5, 0.6) is 0 Å². The molecule has 0 N–H and O–H groups in total. The molecule has 0 saturated carbocycles. The number of halogens is 1. The van der Waals surface area contributed by atoms with Crippen molar-refractivity contribution in [3.63, 3.8) is 0 Å². The van der Waals surface area contributed by atoms with Crippen molar-refractivity contribution in [3.8, 4) is 0 Å². The van der Waals surface area contributed by atoms with Gasteiger partial charge in [0.2, 0.25) is 0 Å². The van der Waals surface area contributed by atoms with E-state index in [0.29, 0.717) is 33.2 Å². The first-order valence-corrected chi connectivity index (χ1v) is 13.2. The molecule has 0 radical (unpaired) electrons. The van der Waals surface area contributed by atoms with Crippen LogP contribution in [-0.4, -0.2) is 34.2 Å². The molecule has 3 aromatic carbocycles. The third-order valence-electron chi connectivity index (χ3n) is 6.31. The number of carbonyl (C=O) groups is 1. The van der Waals surface area contributed by atoms with E-state index in [9.17, 15) is 9.59 Å². The molecule has 1 aromatic heterocycles. The lowest BCUT2D eigenvalue weighted by atomic mass is 10.1. The lowest BCUT2D eigenvalue weighted by Crippen LogP contribution is -2.30. The van der Waals surface area contributed by atoms with E-state index in [1.807, 2.05) is 42.5 Å². The molecule has 35 heavy (non-hydrogen) atoms. The van der Waals surface area contributed by atoms with Crippen LogP contribution >= 0.6 is 23.4 Å². The zero-order valence-electron chi connectivity index (χ0n) is 19.3. The molecule has 5 nitrogen and oxygen atoms in total. The number of hydrogen-bond acceptors (Lipinski definition) is 5. The van der Waals surface area contributed by atoms with Crippen LogP contribution in [0.25, 0.3) is 10.9 Å². The van der Waals surface area contributed by atoms with Crippen molar-refractivity contribution >= 4 is 45.7 Å². The summed E-state index contributed by atoms with van der Waals surface area (Å²) in [7, 11) is 0. The van der Waals surface area contributed by atoms with Crippen LogP contribution < -0.4 is 10.5 Å². The summed E-state index contributed by atoms with van der Waals surface area (Å²) >= 11 is 7.25. The highest BCUT2D eigenvalue weighted by Crippen LogP contribution is 2.25. The molecule has 0 amide bonds. The van der Waals surface area contributed by atoms with Crippen molar-refractivity contribution in [3.05, 3.63) is 99.3 Å². The molecular weight excluding hydrogens is 478 g/mol. The number of piperidine rings is 1. The van der Waals surface area contributed by atoms with Crippen LogP contribution in [0.3, 0.4) is 0 Å². The topological polar surface area (TPSA) is 55.2 Å². The Hall–Kier alpha value is -3.09. The number of Topliss-reactive ketones (excluding diaryl/α,β-unsaturated/α-hetero) is 1. The minimum Gasteiger partial charge on any atom is -0.372 e. The predicted octanol–water partition coefficient (Wildman–Crippen LogP) is 6.06. The zero-order chi connectivity index (χ0) is 24.2. The number of ketones is 1. The highest BCUT2D eigenvalue weighted by atomic mass is 35.5. The number of fused-ring (bicyclic) bond motifs is 1. The van der Waals surface area contributed by atoms with Gasteiger partial charge in [0.25, 0.3) is 5.56 Å². The largest absolute Gasteiger partial charge is 0.372 e. The molecule has 178 valence electrons. The van der Waals surface area contributed by atoms with Gasteiger partial charge in [0.1, 0.15) is 0 Å². The Morgan fingerprint density at radius 3 is 2.43 bits per heavy atom. The van der Waals surface area contributed by atoms with Crippen LogP contribution in [0.1, 0.15) is 35.2 Å². The molecule has 1 aliphatic heterocycles. The standard InChI is InChI=1S/C28H26ClN3O2S/c29-22-11-9-21(10-12-22)26(33)19-35-28-30-25-14-13-23(31-15-5-2-6-16-31)17-24(25)27(34)32(28)18-20-7-3-1-4-8-20/h1,3-4,7-14,17H,2,5-6,15-16,18-19H2. The van der Waals surface area contributed by atoms with E-state index in [-0.39, 0.29) is 17.1 Å². The van der Waals surface area contributed by atoms with Gasteiger partial charge in [-0.15, -0.1) is 0 Å². The van der Waals surface area contributed by atoms with Crippen molar-refractivity contribution in [1.82, 2.24) is 9.55 Å². The van der Waals surface area contributed by atoms with Crippen molar-refractivity contribution in [2.45, 2.75) is 31.0 Å². The molecule has 7 heteroatoms. The lowest BCUT2D eigenvalue weighted by Gasteiger charge is -2.29. The fraction of sp³-hybridized carbons (Fsp3) is 0.250. The van der Waals surface area contributed by atoms with Gasteiger partial charge in [0.15, 0.2) is 10.9 Å². The maximum absolute atomic E-state index is 13.7. The van der Waals surface area contributed by atoms with Gasteiger partial charge in [-0.1, -0.05) is 53.7 Å². The van der Waals surface area contributed by atoms with Crippen molar-refractivity contribution in [2.75, 3.05) is 23.7 Å². The molecule has 0 unspecified atom stereocenters. The predicted molar refractivity (Wildman–Crippen MR) is 144 cm³/mol. The molecule has 2 heterocycles. The fourth-order valence-electron chi connectivity index (χ4n) is 4.40. The molecule has 0 atom stereocenters. The summed E-state index contributed by atoms with van der Waals surface area (Å²) in [4.78, 5) is 33.7. The third-order valence-corrected chi connectivity index (χ3v) is 7.53. The molecule has 1 fully saturated rings. The summed E-state index contributed by atoms with van der Waals surface area (Å²) in [6, 6.07) is 22.7. The van der Waals surface area contributed by atoms with Gasteiger partial charge in [-0.25, -0.2) is 4.98 Å². The highest BCUT2D eigenvalue weighted by Gasteiger charge is 2.17. The minimum absolute atomic E-state index is 0.0345. The molecule has 0 aliphatic carbocycles. The van der Waals surface area contributed by atoms with Gasteiger partial charge in [-0.2, -0.15) is 0 Å². The van der Waals surface area contributed by atoms with Gasteiger partial charge >= 0.3 is 0 Å². The Labute approximate surface area is 213 Å². The minimum atomic E-state index is -0.0841. The maximum atomic E-state index is 13.7. The van der Waals surface area contributed by atoms with Crippen LogP contribution in [0.4, 0.5) is 5.69 Å². The second-order valence-electron chi connectivity index (χ2n) is 8.74. The van der Waals surface area contributed by atoms with Gasteiger partial charge in [-0.05, 0) is 67.3 Å². The average molecular weight is 504 g/mol. The Kier molecular flexibility index (Phi) is 7.21. The van der Waals surface area contributed by atoms with E-state index in [1.54, 1.807) is 28.8 Å². The second kappa shape index (κ2) is 10.7. The molecule has 4 aromatic rings. The normalized spacial score (nSPS) is 13.8. The molecule has 5 rings (SSSR count). The lowest BCUT2D eigenvalue weighted by molar-refractivity contribution is 0.102. The highest BCUT2D eigenvalue weighted by molar-refractivity contribution is 7.99. The number of benzene rings is 3. The summed E-state index contributed by atoms with van der Waals surface area (Å²) in [6.07, 6.45) is 3.60. The second-order valence-corrected chi connectivity index (χ2v) is 10.1. The average Bonchev–Trinajstić information content (AvgIpc) is 2.90. The van der Waals surface area contributed by atoms with Crippen molar-refractivity contribution in [1.29, 1.82) is 0 Å². The molecular formula is C28H26ClN3O2S. The number of nitrogens with zero attached hydrogens (tertiary/aromatic N) is 3. The molecule has 0 bridgehead atoms. The van der Waals surface area contributed by atoms with Crippen LogP contribution in [0.2, 0.25) is 5.02 Å². The van der Waals surface area contributed by atoms with E-state index in [4.69, 9.17) is 16.6 Å².